The predicted molar refractivity (Wildman–Crippen MR) is 29.0 cm³/mol. The van der Waals surface area contributed by atoms with Gasteiger partial charge in [-0.05, 0) is 13.8 Å². The second-order valence-corrected chi connectivity index (χ2v) is 3.40. The molecule has 0 heterocycles. The van der Waals surface area contributed by atoms with E-state index in [9.17, 15) is 4.21 Å². The molecule has 0 aromatic carbocycles. The molecule has 0 aliphatic carbocycles. The molecular formula is C3H9NO2S. The second kappa shape index (κ2) is 1.90. The third-order valence-electron chi connectivity index (χ3n) is 0.450. The molecule has 1 unspecified atom stereocenters. The van der Waals surface area contributed by atoms with E-state index in [4.69, 9.17) is 10.3 Å². The van der Waals surface area contributed by atoms with Crippen LogP contribution < -0.4 is 5.73 Å². The summed E-state index contributed by atoms with van der Waals surface area (Å²) in [5.74, 6) is 0. The molecule has 44 valence electrons. The lowest BCUT2D eigenvalue weighted by atomic mass is 10.4. The minimum absolute atomic E-state index is 0.972. The van der Waals surface area contributed by atoms with E-state index < -0.39 is 16.0 Å². The maximum absolute atomic E-state index is 10.0. The first kappa shape index (κ1) is 7.07. The maximum atomic E-state index is 10.0. The van der Waals surface area contributed by atoms with Crippen LogP contribution in [0.1, 0.15) is 13.8 Å². The highest BCUT2D eigenvalue weighted by atomic mass is 32.2. The molecule has 0 saturated carbocycles. The molecule has 0 aromatic heterocycles. The van der Waals surface area contributed by atoms with Crippen molar-refractivity contribution in [3.05, 3.63) is 0 Å². The summed E-state index contributed by atoms with van der Waals surface area (Å²) in [6, 6.07) is 0. The zero-order chi connectivity index (χ0) is 6.08. The summed E-state index contributed by atoms with van der Waals surface area (Å²) < 4.78 is 18.2. The second-order valence-electron chi connectivity index (χ2n) is 1.85. The van der Waals surface area contributed by atoms with Crippen molar-refractivity contribution in [3.8, 4) is 0 Å². The SMILES string of the molecule is CC(C)(N)S(=O)O. The Bertz CT molecular complexity index is 85.4. The Morgan fingerprint density at radius 1 is 1.71 bits per heavy atom. The fraction of sp³-hybridized carbons (Fsp3) is 1.00. The van der Waals surface area contributed by atoms with Crippen molar-refractivity contribution in [2.75, 3.05) is 0 Å². The first-order valence-electron chi connectivity index (χ1n) is 1.84. The number of rotatable bonds is 1. The normalized spacial score (nSPS) is 16.6. The van der Waals surface area contributed by atoms with Gasteiger partial charge in [-0.3, -0.25) is 0 Å². The van der Waals surface area contributed by atoms with E-state index in [1.165, 1.54) is 13.8 Å². The van der Waals surface area contributed by atoms with Gasteiger partial charge in [-0.1, -0.05) is 0 Å². The fourth-order valence-corrected chi connectivity index (χ4v) is 0. The van der Waals surface area contributed by atoms with Crippen LogP contribution in [0.15, 0.2) is 0 Å². The average Bonchev–Trinajstić information content (AvgIpc) is 1.31. The van der Waals surface area contributed by atoms with E-state index in [0.717, 1.165) is 0 Å². The van der Waals surface area contributed by atoms with E-state index in [1.807, 2.05) is 0 Å². The van der Waals surface area contributed by atoms with Crippen molar-refractivity contribution in [1.29, 1.82) is 0 Å². The molecule has 0 radical (unpaired) electrons. The van der Waals surface area contributed by atoms with Gasteiger partial charge >= 0.3 is 0 Å². The third-order valence-corrected chi connectivity index (χ3v) is 1.35. The maximum Gasteiger partial charge on any atom is 0.173 e. The van der Waals surface area contributed by atoms with Gasteiger partial charge in [0.1, 0.15) is 4.87 Å². The molecule has 7 heavy (non-hydrogen) atoms. The van der Waals surface area contributed by atoms with Crippen molar-refractivity contribution in [1.82, 2.24) is 0 Å². The molecule has 0 aromatic rings. The van der Waals surface area contributed by atoms with Crippen LogP contribution in [0.3, 0.4) is 0 Å². The zero-order valence-corrected chi connectivity index (χ0v) is 5.16. The van der Waals surface area contributed by atoms with Crippen LogP contribution in [0.5, 0.6) is 0 Å². The van der Waals surface area contributed by atoms with Crippen LogP contribution >= 0.6 is 0 Å². The predicted octanol–water partition coefficient (Wildman–Crippen LogP) is -0.0971. The zero-order valence-electron chi connectivity index (χ0n) is 4.34. The van der Waals surface area contributed by atoms with Gasteiger partial charge in [0, 0.05) is 0 Å². The summed E-state index contributed by atoms with van der Waals surface area (Å²) in [5.41, 5.74) is 5.13. The average molecular weight is 123 g/mol. The minimum atomic E-state index is -1.91. The molecule has 0 saturated heterocycles. The van der Waals surface area contributed by atoms with Crippen molar-refractivity contribution < 1.29 is 8.76 Å². The Balaban J connectivity index is 3.79. The van der Waals surface area contributed by atoms with Crippen LogP contribution in [0, 0.1) is 0 Å². The van der Waals surface area contributed by atoms with Crippen molar-refractivity contribution >= 4 is 11.1 Å². The monoisotopic (exact) mass is 123 g/mol. The van der Waals surface area contributed by atoms with E-state index in [2.05, 4.69) is 0 Å². The molecule has 3 N–H and O–H groups in total. The molecule has 4 heteroatoms. The van der Waals surface area contributed by atoms with Crippen LogP contribution in [0.2, 0.25) is 0 Å². The number of hydrogen-bond donors (Lipinski definition) is 2. The van der Waals surface area contributed by atoms with Gasteiger partial charge < -0.3 is 10.3 Å². The van der Waals surface area contributed by atoms with E-state index in [1.54, 1.807) is 0 Å². The van der Waals surface area contributed by atoms with E-state index in [0.29, 0.717) is 0 Å². The lowest BCUT2D eigenvalue weighted by Gasteiger charge is -2.10. The Kier molecular flexibility index (Phi) is 1.92. The van der Waals surface area contributed by atoms with Gasteiger partial charge in [0.2, 0.25) is 0 Å². The van der Waals surface area contributed by atoms with Crippen LogP contribution in [-0.4, -0.2) is 13.6 Å². The highest BCUT2D eigenvalue weighted by molar-refractivity contribution is 7.80. The minimum Gasteiger partial charge on any atom is -0.313 e. The fourth-order valence-electron chi connectivity index (χ4n) is 0. The van der Waals surface area contributed by atoms with Gasteiger partial charge in [-0.25, -0.2) is 4.21 Å². The molecule has 0 amide bonds. The van der Waals surface area contributed by atoms with Crippen molar-refractivity contribution in [2.45, 2.75) is 18.7 Å². The van der Waals surface area contributed by atoms with Gasteiger partial charge in [-0.15, -0.1) is 0 Å². The molecule has 0 rings (SSSR count). The summed E-state index contributed by atoms with van der Waals surface area (Å²) in [4.78, 5) is -0.972. The summed E-state index contributed by atoms with van der Waals surface area (Å²) >= 11 is -1.91. The summed E-state index contributed by atoms with van der Waals surface area (Å²) in [5, 5.41) is 0. The summed E-state index contributed by atoms with van der Waals surface area (Å²) in [7, 11) is 0. The Morgan fingerprint density at radius 3 is 1.86 bits per heavy atom. The lowest BCUT2D eigenvalue weighted by molar-refractivity contribution is 0.521. The standard InChI is InChI=1S/C3H9NO2S/c1-3(2,4)7(5)6/h4H2,1-2H3,(H,5,6). The molecule has 0 fully saturated rings. The van der Waals surface area contributed by atoms with E-state index in [-0.39, 0.29) is 0 Å². The lowest BCUT2D eigenvalue weighted by Crippen LogP contribution is -2.36. The van der Waals surface area contributed by atoms with Gasteiger partial charge in [0.05, 0.1) is 0 Å². The quantitative estimate of drug-likeness (QED) is 0.479. The van der Waals surface area contributed by atoms with Gasteiger partial charge in [0.15, 0.2) is 11.1 Å². The molecule has 0 aliphatic heterocycles. The molecule has 0 spiro atoms. The molecule has 3 nitrogen and oxygen atoms in total. The molecule has 0 bridgehead atoms. The van der Waals surface area contributed by atoms with Gasteiger partial charge in [-0.2, -0.15) is 0 Å². The highest BCUT2D eigenvalue weighted by Crippen LogP contribution is 1.98. The smallest absolute Gasteiger partial charge is 0.173 e. The number of hydrogen-bond acceptors (Lipinski definition) is 2. The Labute approximate surface area is 45.2 Å². The Hall–Kier alpha value is 0.0700. The van der Waals surface area contributed by atoms with E-state index >= 15 is 0 Å². The molecule has 0 aliphatic rings. The Morgan fingerprint density at radius 2 is 1.86 bits per heavy atom. The van der Waals surface area contributed by atoms with Gasteiger partial charge in [0.25, 0.3) is 0 Å². The van der Waals surface area contributed by atoms with Crippen LogP contribution in [0.25, 0.3) is 0 Å². The van der Waals surface area contributed by atoms with Crippen molar-refractivity contribution in [3.63, 3.8) is 0 Å². The molecule has 1 atom stereocenters. The third kappa shape index (κ3) is 2.73. The van der Waals surface area contributed by atoms with Crippen LogP contribution in [-0.2, 0) is 11.1 Å². The number of nitrogens with two attached hydrogens (primary N) is 1. The van der Waals surface area contributed by atoms with Crippen LogP contribution in [0.4, 0.5) is 0 Å². The topological polar surface area (TPSA) is 63.3 Å². The van der Waals surface area contributed by atoms with Crippen molar-refractivity contribution in [2.24, 2.45) is 5.73 Å². The largest absolute Gasteiger partial charge is 0.313 e. The highest BCUT2D eigenvalue weighted by Gasteiger charge is 2.16. The molecular weight excluding hydrogens is 114 g/mol. The summed E-state index contributed by atoms with van der Waals surface area (Å²) in [6.07, 6.45) is 0. The first-order chi connectivity index (χ1) is 2.94. The first-order valence-corrected chi connectivity index (χ1v) is 2.95. The summed E-state index contributed by atoms with van der Waals surface area (Å²) in [6.45, 7) is 2.98.